The van der Waals surface area contributed by atoms with Gasteiger partial charge >= 0.3 is 5.97 Å². The number of ether oxygens (including phenoxy) is 1. The molecule has 30 heavy (non-hydrogen) atoms. The summed E-state index contributed by atoms with van der Waals surface area (Å²) in [7, 11) is 0. The number of aromatic amines is 1. The van der Waals surface area contributed by atoms with E-state index in [0.29, 0.717) is 17.1 Å². The van der Waals surface area contributed by atoms with Crippen molar-refractivity contribution in [3.8, 4) is 0 Å². The molecule has 2 aromatic carbocycles. The number of imidazole rings is 1. The van der Waals surface area contributed by atoms with Crippen molar-refractivity contribution >= 4 is 17.4 Å². The van der Waals surface area contributed by atoms with E-state index >= 15 is 0 Å². The number of Topliss-reactive ketones (excluding diaryl/α,β-unsaturated/α-hetero) is 1. The highest BCUT2D eigenvalue weighted by atomic mass is 16.5. The summed E-state index contributed by atoms with van der Waals surface area (Å²) in [4.78, 5) is 34.2. The van der Waals surface area contributed by atoms with Crippen LogP contribution in [0.25, 0.3) is 0 Å². The van der Waals surface area contributed by atoms with Crippen LogP contribution in [-0.2, 0) is 11.2 Å². The number of benzene rings is 2. The van der Waals surface area contributed by atoms with Crippen molar-refractivity contribution in [2.45, 2.75) is 38.6 Å². The summed E-state index contributed by atoms with van der Waals surface area (Å²) in [6, 6.07) is 14.8. The maximum absolute atomic E-state index is 13.8. The minimum Gasteiger partial charge on any atom is -0.462 e. The Bertz CT molecular complexity index is 1060. The molecule has 0 bridgehead atoms. The smallest absolute Gasteiger partial charge is 0.338 e. The summed E-state index contributed by atoms with van der Waals surface area (Å²) < 4.78 is 5.19. The Balaban J connectivity index is 1.84. The van der Waals surface area contributed by atoms with Gasteiger partial charge in [0.05, 0.1) is 23.8 Å². The number of nitrogens with one attached hydrogen (secondary N) is 2. The number of rotatable bonds is 6. The summed E-state index contributed by atoms with van der Waals surface area (Å²) in [5.41, 5.74) is 3.26. The lowest BCUT2D eigenvalue weighted by Gasteiger charge is -2.33. The van der Waals surface area contributed by atoms with Gasteiger partial charge in [-0.2, -0.15) is 0 Å². The molecular formula is C24H25N3O3. The highest BCUT2D eigenvalue weighted by molar-refractivity contribution is 6.14. The van der Waals surface area contributed by atoms with Crippen molar-refractivity contribution in [3.63, 3.8) is 0 Å². The summed E-state index contributed by atoms with van der Waals surface area (Å²) in [5.74, 6) is -0.610. The molecule has 0 fully saturated rings. The van der Waals surface area contributed by atoms with Crippen LogP contribution >= 0.6 is 0 Å². The fraction of sp³-hybridized carbons (Fsp3) is 0.292. The minimum atomic E-state index is -0.582. The molecule has 4 rings (SSSR count). The summed E-state index contributed by atoms with van der Waals surface area (Å²) >= 11 is 0. The van der Waals surface area contributed by atoms with E-state index in [4.69, 9.17) is 4.74 Å². The molecule has 0 saturated carbocycles. The van der Waals surface area contributed by atoms with E-state index in [1.165, 1.54) is 0 Å². The van der Waals surface area contributed by atoms with Crippen LogP contribution in [-0.4, -0.2) is 28.3 Å². The SMILES string of the molecule is CCCc1cnc(C2C(=O)c3c(cccc3C(=O)OCC)NC2c2ccccc2)[nH]1. The molecule has 1 aliphatic heterocycles. The number of nitrogens with zero attached hydrogens (tertiary/aromatic N) is 1. The zero-order valence-electron chi connectivity index (χ0n) is 17.1. The normalized spacial score (nSPS) is 17.9. The Morgan fingerprint density at radius 2 is 1.90 bits per heavy atom. The zero-order chi connectivity index (χ0) is 21.1. The van der Waals surface area contributed by atoms with Gasteiger partial charge in [-0.15, -0.1) is 0 Å². The summed E-state index contributed by atoms with van der Waals surface area (Å²) in [5, 5.41) is 3.48. The third-order valence-corrected chi connectivity index (χ3v) is 5.35. The van der Waals surface area contributed by atoms with Crippen LogP contribution in [0, 0.1) is 0 Å². The molecule has 2 N–H and O–H groups in total. The first kappa shape index (κ1) is 19.9. The van der Waals surface area contributed by atoms with E-state index < -0.39 is 11.9 Å². The van der Waals surface area contributed by atoms with Crippen LogP contribution in [0.15, 0.2) is 54.7 Å². The number of aromatic nitrogens is 2. The van der Waals surface area contributed by atoms with Crippen molar-refractivity contribution in [2.24, 2.45) is 0 Å². The van der Waals surface area contributed by atoms with Crippen molar-refractivity contribution < 1.29 is 14.3 Å². The highest BCUT2D eigenvalue weighted by Gasteiger charge is 2.41. The molecule has 2 atom stereocenters. The van der Waals surface area contributed by atoms with Crippen LogP contribution in [0.3, 0.4) is 0 Å². The van der Waals surface area contributed by atoms with Gasteiger partial charge in [0.15, 0.2) is 5.78 Å². The third kappa shape index (κ3) is 3.61. The standard InChI is InChI=1S/C24H25N3O3/c1-3-9-16-14-25-23(26-16)20-21(15-10-6-5-7-11-15)27-18-13-8-12-17(19(18)22(20)28)24(29)30-4-2/h5-8,10-14,20-21,27H,3-4,9H2,1-2H3,(H,25,26). The Morgan fingerprint density at radius 3 is 2.63 bits per heavy atom. The number of hydrogen-bond donors (Lipinski definition) is 2. The number of aryl methyl sites for hydroxylation is 1. The second kappa shape index (κ2) is 8.53. The van der Waals surface area contributed by atoms with Gasteiger partial charge < -0.3 is 15.0 Å². The monoisotopic (exact) mass is 403 g/mol. The quantitative estimate of drug-likeness (QED) is 0.584. The van der Waals surface area contributed by atoms with Crippen molar-refractivity contribution in [2.75, 3.05) is 11.9 Å². The zero-order valence-corrected chi connectivity index (χ0v) is 17.1. The van der Waals surface area contributed by atoms with Crippen LogP contribution in [0.5, 0.6) is 0 Å². The Labute approximate surface area is 175 Å². The summed E-state index contributed by atoms with van der Waals surface area (Å²) in [6.07, 6.45) is 3.64. The van der Waals surface area contributed by atoms with Gasteiger partial charge in [-0.25, -0.2) is 9.78 Å². The number of anilines is 1. The number of hydrogen-bond acceptors (Lipinski definition) is 5. The van der Waals surface area contributed by atoms with Gasteiger partial charge in [-0.3, -0.25) is 4.79 Å². The Kier molecular flexibility index (Phi) is 5.65. The fourth-order valence-electron chi connectivity index (χ4n) is 4.02. The van der Waals surface area contributed by atoms with E-state index in [0.717, 1.165) is 24.1 Å². The topological polar surface area (TPSA) is 84.1 Å². The minimum absolute atomic E-state index is 0.140. The molecule has 3 aromatic rings. The largest absolute Gasteiger partial charge is 0.462 e. The molecule has 1 aromatic heterocycles. The first-order valence-corrected chi connectivity index (χ1v) is 10.3. The molecule has 0 amide bonds. The lowest BCUT2D eigenvalue weighted by atomic mass is 9.80. The molecule has 2 heterocycles. The molecule has 154 valence electrons. The number of carbonyl (C=O) groups excluding carboxylic acids is 2. The van der Waals surface area contributed by atoms with Gasteiger partial charge in [0.1, 0.15) is 11.7 Å². The van der Waals surface area contributed by atoms with Crippen LogP contribution < -0.4 is 5.32 Å². The number of H-pyrrole nitrogens is 1. The molecule has 2 unspecified atom stereocenters. The first-order chi connectivity index (χ1) is 14.6. The first-order valence-electron chi connectivity index (χ1n) is 10.3. The van der Waals surface area contributed by atoms with Gasteiger partial charge in [0.25, 0.3) is 0 Å². The molecular weight excluding hydrogens is 378 g/mol. The van der Waals surface area contributed by atoms with E-state index in [-0.39, 0.29) is 24.0 Å². The second-order valence-electron chi connectivity index (χ2n) is 7.37. The molecule has 6 nitrogen and oxygen atoms in total. The Hall–Kier alpha value is -3.41. The number of fused-ring (bicyclic) bond motifs is 1. The predicted octanol–water partition coefficient (Wildman–Crippen LogP) is 4.67. The van der Waals surface area contributed by atoms with Crippen molar-refractivity contribution in [1.29, 1.82) is 0 Å². The third-order valence-electron chi connectivity index (χ3n) is 5.35. The number of carbonyl (C=O) groups is 2. The van der Waals surface area contributed by atoms with Crippen LogP contribution in [0.4, 0.5) is 5.69 Å². The van der Waals surface area contributed by atoms with E-state index in [9.17, 15) is 9.59 Å². The molecule has 0 radical (unpaired) electrons. The van der Waals surface area contributed by atoms with Gasteiger partial charge in [0.2, 0.25) is 0 Å². The van der Waals surface area contributed by atoms with Gasteiger partial charge in [-0.1, -0.05) is 49.7 Å². The lowest BCUT2D eigenvalue weighted by Crippen LogP contribution is -2.34. The average molecular weight is 403 g/mol. The van der Waals surface area contributed by atoms with E-state index in [1.807, 2.05) is 36.4 Å². The second-order valence-corrected chi connectivity index (χ2v) is 7.37. The molecule has 0 spiro atoms. The highest BCUT2D eigenvalue weighted by Crippen LogP contribution is 2.42. The van der Waals surface area contributed by atoms with Gasteiger partial charge in [0, 0.05) is 17.6 Å². The number of ketones is 1. The summed E-state index contributed by atoms with van der Waals surface area (Å²) in [6.45, 7) is 4.10. The molecule has 0 aliphatic carbocycles. The lowest BCUT2D eigenvalue weighted by molar-refractivity contribution is 0.0522. The van der Waals surface area contributed by atoms with E-state index in [1.54, 1.807) is 25.3 Å². The molecule has 6 heteroatoms. The molecule has 0 saturated heterocycles. The van der Waals surface area contributed by atoms with Crippen LogP contribution in [0.1, 0.15) is 70.0 Å². The molecule has 1 aliphatic rings. The fourth-order valence-corrected chi connectivity index (χ4v) is 4.02. The van der Waals surface area contributed by atoms with E-state index in [2.05, 4.69) is 22.2 Å². The Morgan fingerprint density at radius 1 is 1.10 bits per heavy atom. The predicted molar refractivity (Wildman–Crippen MR) is 115 cm³/mol. The average Bonchev–Trinajstić information content (AvgIpc) is 3.22. The van der Waals surface area contributed by atoms with Crippen LogP contribution in [0.2, 0.25) is 0 Å². The maximum atomic E-state index is 13.8. The van der Waals surface area contributed by atoms with Crippen molar-refractivity contribution in [1.82, 2.24) is 9.97 Å². The number of esters is 1. The van der Waals surface area contributed by atoms with Gasteiger partial charge in [-0.05, 0) is 31.0 Å². The van der Waals surface area contributed by atoms with Crippen molar-refractivity contribution in [3.05, 3.63) is 82.9 Å². The maximum Gasteiger partial charge on any atom is 0.338 e.